The average molecular weight is 432 g/mol. The molecule has 0 fully saturated rings. The summed E-state index contributed by atoms with van der Waals surface area (Å²) in [6.45, 7) is 0. The highest BCUT2D eigenvalue weighted by molar-refractivity contribution is 5.67. The summed E-state index contributed by atoms with van der Waals surface area (Å²) in [5.74, 6) is 5.07. The highest BCUT2D eigenvalue weighted by atomic mass is 19.4. The number of hydrogen-bond acceptors (Lipinski definition) is 3. The molecule has 4 nitrogen and oxygen atoms in total. The lowest BCUT2D eigenvalue weighted by atomic mass is 10.1. The predicted molar refractivity (Wildman–Crippen MR) is 98.6 cm³/mol. The van der Waals surface area contributed by atoms with Crippen LogP contribution in [0.25, 0.3) is 16.9 Å². The van der Waals surface area contributed by atoms with Gasteiger partial charge in [0.05, 0.1) is 11.3 Å². The van der Waals surface area contributed by atoms with Crippen LogP contribution < -0.4 is 0 Å². The molecule has 0 aliphatic carbocycles. The third kappa shape index (κ3) is 4.21. The number of alkyl halides is 6. The molecule has 0 saturated heterocycles. The van der Waals surface area contributed by atoms with Crippen LogP contribution in [0.1, 0.15) is 22.4 Å². The minimum Gasteiger partial charge on any atom is -0.263 e. The molecule has 3 heterocycles. The van der Waals surface area contributed by atoms with Crippen molar-refractivity contribution in [3.63, 3.8) is 0 Å². The van der Waals surface area contributed by atoms with E-state index in [9.17, 15) is 26.3 Å². The van der Waals surface area contributed by atoms with Crippen molar-refractivity contribution in [2.45, 2.75) is 12.4 Å². The van der Waals surface area contributed by atoms with Gasteiger partial charge in [0.1, 0.15) is 5.56 Å². The number of benzene rings is 1. The first kappa shape index (κ1) is 20.4. The Hall–Kier alpha value is -3.87. The van der Waals surface area contributed by atoms with Crippen LogP contribution in [0.3, 0.4) is 0 Å². The molecule has 0 unspecified atom stereocenters. The van der Waals surface area contributed by atoms with E-state index in [0.717, 1.165) is 16.6 Å². The molecule has 0 aliphatic heterocycles. The normalized spacial score (nSPS) is 11.9. The Labute approximate surface area is 171 Å². The molecule has 4 aromatic rings. The van der Waals surface area contributed by atoms with Crippen LogP contribution in [0.4, 0.5) is 26.3 Å². The standard InChI is InChI=1S/C21H10F6N4/c22-20(23,24)15-6-4-14(5-7-15)17-9-11-31-19(29-17)16(18(30-31)21(25,26)27)8-3-13-2-1-10-28-12-13/h1-2,4-7,9-12H. The van der Waals surface area contributed by atoms with E-state index in [1.807, 2.05) is 0 Å². The van der Waals surface area contributed by atoms with Crippen molar-refractivity contribution in [3.05, 3.63) is 83.4 Å². The first-order chi connectivity index (χ1) is 14.6. The summed E-state index contributed by atoms with van der Waals surface area (Å²) in [5, 5.41) is 3.54. The van der Waals surface area contributed by atoms with Gasteiger partial charge in [0.15, 0.2) is 11.3 Å². The van der Waals surface area contributed by atoms with Crippen molar-refractivity contribution in [1.82, 2.24) is 19.6 Å². The van der Waals surface area contributed by atoms with Gasteiger partial charge in [-0.15, -0.1) is 0 Å². The third-order valence-corrected chi connectivity index (χ3v) is 4.25. The van der Waals surface area contributed by atoms with Crippen LogP contribution >= 0.6 is 0 Å². The average Bonchev–Trinajstić information content (AvgIpc) is 3.11. The maximum Gasteiger partial charge on any atom is 0.436 e. The van der Waals surface area contributed by atoms with Gasteiger partial charge in [-0.1, -0.05) is 24.0 Å². The molecular weight excluding hydrogens is 422 g/mol. The summed E-state index contributed by atoms with van der Waals surface area (Å²) >= 11 is 0. The Bertz CT molecular complexity index is 1290. The maximum atomic E-state index is 13.5. The Morgan fingerprint density at radius 2 is 1.58 bits per heavy atom. The third-order valence-electron chi connectivity index (χ3n) is 4.25. The second-order valence-electron chi connectivity index (χ2n) is 6.37. The van der Waals surface area contributed by atoms with Gasteiger partial charge in [-0.25, -0.2) is 9.50 Å². The first-order valence-corrected chi connectivity index (χ1v) is 8.69. The van der Waals surface area contributed by atoms with Crippen molar-refractivity contribution >= 4 is 5.65 Å². The summed E-state index contributed by atoms with van der Waals surface area (Å²) in [6, 6.07) is 8.68. The molecule has 3 aromatic heterocycles. The summed E-state index contributed by atoms with van der Waals surface area (Å²) in [6.07, 6.45) is -5.13. The topological polar surface area (TPSA) is 43.1 Å². The lowest BCUT2D eigenvalue weighted by molar-refractivity contribution is -0.141. The zero-order chi connectivity index (χ0) is 22.2. The van der Waals surface area contributed by atoms with Crippen LogP contribution in [0.5, 0.6) is 0 Å². The van der Waals surface area contributed by atoms with Gasteiger partial charge in [-0.3, -0.25) is 4.98 Å². The second kappa shape index (κ2) is 7.43. The van der Waals surface area contributed by atoms with Crippen molar-refractivity contribution in [2.75, 3.05) is 0 Å². The van der Waals surface area contributed by atoms with Crippen molar-refractivity contribution in [3.8, 4) is 23.1 Å². The molecule has 0 radical (unpaired) electrons. The Balaban J connectivity index is 1.84. The van der Waals surface area contributed by atoms with Gasteiger partial charge in [0.2, 0.25) is 0 Å². The lowest BCUT2D eigenvalue weighted by Crippen LogP contribution is -2.08. The Morgan fingerprint density at radius 1 is 0.839 bits per heavy atom. The van der Waals surface area contributed by atoms with E-state index in [1.165, 1.54) is 36.8 Å². The molecule has 0 N–H and O–H groups in total. The van der Waals surface area contributed by atoms with Gasteiger partial charge in [-0.05, 0) is 30.3 Å². The number of nitrogens with zero attached hydrogens (tertiary/aromatic N) is 4. The van der Waals surface area contributed by atoms with Crippen LogP contribution in [0.2, 0.25) is 0 Å². The number of halogens is 6. The highest BCUT2D eigenvalue weighted by Gasteiger charge is 2.38. The number of fused-ring (bicyclic) bond motifs is 1. The van der Waals surface area contributed by atoms with Crippen LogP contribution in [0.15, 0.2) is 61.1 Å². The molecule has 31 heavy (non-hydrogen) atoms. The van der Waals surface area contributed by atoms with Crippen molar-refractivity contribution in [2.24, 2.45) is 0 Å². The monoisotopic (exact) mass is 432 g/mol. The fraction of sp³-hybridized carbons (Fsp3) is 0.0952. The number of rotatable bonds is 1. The molecule has 0 amide bonds. The molecule has 0 atom stereocenters. The van der Waals surface area contributed by atoms with E-state index in [-0.39, 0.29) is 11.3 Å². The minimum absolute atomic E-state index is 0.166. The number of aromatic nitrogens is 4. The summed E-state index contributed by atoms with van der Waals surface area (Å²) < 4.78 is 79.7. The number of hydrogen-bond donors (Lipinski definition) is 0. The van der Waals surface area contributed by atoms with E-state index in [2.05, 4.69) is 26.9 Å². The lowest BCUT2D eigenvalue weighted by Gasteiger charge is -2.07. The molecule has 0 aliphatic rings. The fourth-order valence-electron chi connectivity index (χ4n) is 2.80. The number of pyridine rings is 1. The zero-order valence-electron chi connectivity index (χ0n) is 15.3. The predicted octanol–water partition coefficient (Wildman–Crippen LogP) is 5.23. The molecule has 10 heteroatoms. The molecule has 4 rings (SSSR count). The van der Waals surface area contributed by atoms with E-state index >= 15 is 0 Å². The van der Waals surface area contributed by atoms with Gasteiger partial charge in [-0.2, -0.15) is 31.4 Å². The van der Waals surface area contributed by atoms with E-state index < -0.39 is 29.2 Å². The molecule has 0 saturated carbocycles. The van der Waals surface area contributed by atoms with Crippen LogP contribution in [-0.4, -0.2) is 19.6 Å². The molecule has 0 spiro atoms. The highest BCUT2D eigenvalue weighted by Crippen LogP contribution is 2.33. The van der Waals surface area contributed by atoms with Crippen LogP contribution in [0, 0.1) is 11.8 Å². The smallest absolute Gasteiger partial charge is 0.263 e. The van der Waals surface area contributed by atoms with Gasteiger partial charge >= 0.3 is 12.4 Å². The molecule has 1 aromatic carbocycles. The molecule has 0 bridgehead atoms. The largest absolute Gasteiger partial charge is 0.436 e. The zero-order valence-corrected chi connectivity index (χ0v) is 15.3. The van der Waals surface area contributed by atoms with Crippen molar-refractivity contribution in [1.29, 1.82) is 0 Å². The van der Waals surface area contributed by atoms with Crippen LogP contribution in [-0.2, 0) is 12.4 Å². The quantitative estimate of drug-likeness (QED) is 0.306. The first-order valence-electron chi connectivity index (χ1n) is 8.69. The van der Waals surface area contributed by atoms with E-state index in [4.69, 9.17) is 0 Å². The fourth-order valence-corrected chi connectivity index (χ4v) is 2.80. The summed E-state index contributed by atoms with van der Waals surface area (Å²) in [4.78, 5) is 8.04. The second-order valence-corrected chi connectivity index (χ2v) is 6.37. The summed E-state index contributed by atoms with van der Waals surface area (Å²) in [7, 11) is 0. The Kier molecular flexibility index (Phi) is 4.89. The minimum atomic E-state index is -4.78. The molecular formula is C21H10F6N4. The van der Waals surface area contributed by atoms with Gasteiger partial charge in [0, 0.05) is 29.7 Å². The Morgan fingerprint density at radius 3 is 2.19 bits per heavy atom. The van der Waals surface area contributed by atoms with E-state index in [0.29, 0.717) is 11.1 Å². The van der Waals surface area contributed by atoms with Gasteiger partial charge in [0.25, 0.3) is 0 Å². The maximum absolute atomic E-state index is 13.5. The molecule has 156 valence electrons. The summed E-state index contributed by atoms with van der Waals surface area (Å²) in [5.41, 5.74) is -1.78. The van der Waals surface area contributed by atoms with E-state index in [1.54, 1.807) is 12.1 Å². The SMILES string of the molecule is FC(F)(F)c1ccc(-c2ccn3nc(C(F)(F)F)c(C#Cc4cccnc4)c3n2)cc1. The van der Waals surface area contributed by atoms with Crippen molar-refractivity contribution < 1.29 is 26.3 Å². The van der Waals surface area contributed by atoms with Gasteiger partial charge < -0.3 is 0 Å².